The first kappa shape index (κ1) is 23.7. The summed E-state index contributed by atoms with van der Waals surface area (Å²) in [6, 6.07) is 12.4. The number of ether oxygens (including phenoxy) is 1. The average molecular weight is 431 g/mol. The molecule has 0 heterocycles. The van der Waals surface area contributed by atoms with Crippen LogP contribution in [0.15, 0.2) is 42.5 Å². The third-order valence-corrected chi connectivity index (χ3v) is 4.93. The monoisotopic (exact) mass is 430 g/mol. The van der Waals surface area contributed by atoms with Gasteiger partial charge in [0.2, 0.25) is 5.91 Å². The van der Waals surface area contributed by atoms with Crippen LogP contribution in [0.5, 0.6) is 5.75 Å². The molecule has 0 unspecified atom stereocenters. The standard InChI is InChI=1S/C24H31ClN2O3/c1-16(2)13-26-24(29)19(5)27(14-20-6-8-21(25)9-7-20)23(28)15-30-22-11-17(3)10-18(4)12-22/h6-12,16,19H,13-15H2,1-5H3,(H,26,29)/t19-/m0/s1. The van der Waals surface area contributed by atoms with Gasteiger partial charge in [-0.3, -0.25) is 9.59 Å². The Balaban J connectivity index is 2.14. The van der Waals surface area contributed by atoms with Gasteiger partial charge >= 0.3 is 0 Å². The Labute approximate surface area is 184 Å². The van der Waals surface area contributed by atoms with Gasteiger partial charge in [-0.1, -0.05) is 43.6 Å². The second kappa shape index (κ2) is 11.0. The topological polar surface area (TPSA) is 58.6 Å². The van der Waals surface area contributed by atoms with E-state index in [-0.39, 0.29) is 18.4 Å². The summed E-state index contributed by atoms with van der Waals surface area (Å²) in [4.78, 5) is 27.2. The smallest absolute Gasteiger partial charge is 0.261 e. The molecule has 0 aliphatic heterocycles. The molecule has 30 heavy (non-hydrogen) atoms. The minimum atomic E-state index is -0.630. The number of hydrogen-bond donors (Lipinski definition) is 1. The second-order valence-electron chi connectivity index (χ2n) is 8.08. The third kappa shape index (κ3) is 7.38. The van der Waals surface area contributed by atoms with Gasteiger partial charge in [0.1, 0.15) is 11.8 Å². The Morgan fingerprint density at radius 2 is 1.63 bits per heavy atom. The Morgan fingerprint density at radius 1 is 1.03 bits per heavy atom. The maximum absolute atomic E-state index is 13.0. The number of carbonyl (C=O) groups excluding carboxylic acids is 2. The molecule has 0 aromatic heterocycles. The van der Waals surface area contributed by atoms with Crippen molar-refractivity contribution in [1.29, 1.82) is 0 Å². The normalized spacial score (nSPS) is 11.8. The fourth-order valence-corrected chi connectivity index (χ4v) is 3.19. The second-order valence-corrected chi connectivity index (χ2v) is 8.51. The fourth-order valence-electron chi connectivity index (χ4n) is 3.07. The van der Waals surface area contributed by atoms with E-state index in [1.54, 1.807) is 24.0 Å². The molecule has 0 saturated carbocycles. The highest BCUT2D eigenvalue weighted by Crippen LogP contribution is 2.18. The van der Waals surface area contributed by atoms with Crippen LogP contribution in [-0.4, -0.2) is 35.9 Å². The van der Waals surface area contributed by atoms with E-state index in [0.29, 0.717) is 29.8 Å². The van der Waals surface area contributed by atoms with Crippen molar-refractivity contribution in [3.63, 3.8) is 0 Å². The minimum absolute atomic E-state index is 0.141. The third-order valence-electron chi connectivity index (χ3n) is 4.68. The van der Waals surface area contributed by atoms with E-state index in [4.69, 9.17) is 16.3 Å². The summed E-state index contributed by atoms with van der Waals surface area (Å²) in [5.74, 6) is 0.535. The molecule has 2 rings (SSSR count). The number of hydrogen-bond acceptors (Lipinski definition) is 3. The summed E-state index contributed by atoms with van der Waals surface area (Å²) < 4.78 is 5.75. The SMILES string of the molecule is Cc1cc(C)cc(OCC(=O)N(Cc2ccc(Cl)cc2)[C@@H](C)C(=O)NCC(C)C)c1. The first-order valence-electron chi connectivity index (χ1n) is 10.2. The molecule has 0 fully saturated rings. The Bertz CT molecular complexity index is 845. The van der Waals surface area contributed by atoms with Crippen LogP contribution in [0.1, 0.15) is 37.5 Å². The molecule has 1 atom stereocenters. The molecule has 0 radical (unpaired) electrons. The van der Waals surface area contributed by atoms with Gasteiger partial charge in [-0.05, 0) is 67.6 Å². The van der Waals surface area contributed by atoms with Gasteiger partial charge in [0.25, 0.3) is 5.91 Å². The Hall–Kier alpha value is -2.53. The highest BCUT2D eigenvalue weighted by Gasteiger charge is 2.26. The number of rotatable bonds is 9. The summed E-state index contributed by atoms with van der Waals surface area (Å²) in [5.41, 5.74) is 3.02. The summed E-state index contributed by atoms with van der Waals surface area (Å²) in [6.07, 6.45) is 0. The Kier molecular flexibility index (Phi) is 8.72. The number of aryl methyl sites for hydroxylation is 2. The lowest BCUT2D eigenvalue weighted by Gasteiger charge is -2.29. The summed E-state index contributed by atoms with van der Waals surface area (Å²) in [6.45, 7) is 10.5. The lowest BCUT2D eigenvalue weighted by atomic mass is 10.1. The van der Waals surface area contributed by atoms with Crippen molar-refractivity contribution in [3.05, 3.63) is 64.2 Å². The van der Waals surface area contributed by atoms with Gasteiger partial charge in [-0.15, -0.1) is 0 Å². The molecule has 6 heteroatoms. The van der Waals surface area contributed by atoms with Crippen LogP contribution in [0.25, 0.3) is 0 Å². The zero-order chi connectivity index (χ0) is 22.3. The zero-order valence-electron chi connectivity index (χ0n) is 18.4. The largest absolute Gasteiger partial charge is 0.484 e. The van der Waals surface area contributed by atoms with Gasteiger partial charge < -0.3 is 15.0 Å². The summed E-state index contributed by atoms with van der Waals surface area (Å²) in [5, 5.41) is 3.53. The van der Waals surface area contributed by atoms with Crippen LogP contribution in [0.4, 0.5) is 0 Å². The maximum atomic E-state index is 13.0. The number of carbonyl (C=O) groups is 2. The molecule has 2 aromatic carbocycles. The van der Waals surface area contributed by atoms with E-state index >= 15 is 0 Å². The van der Waals surface area contributed by atoms with Crippen LogP contribution < -0.4 is 10.1 Å². The lowest BCUT2D eigenvalue weighted by Crippen LogP contribution is -2.49. The van der Waals surface area contributed by atoms with Crippen molar-refractivity contribution in [1.82, 2.24) is 10.2 Å². The predicted molar refractivity (Wildman–Crippen MR) is 121 cm³/mol. The Morgan fingerprint density at radius 3 is 2.20 bits per heavy atom. The van der Waals surface area contributed by atoms with Crippen LogP contribution in [0.2, 0.25) is 5.02 Å². The van der Waals surface area contributed by atoms with Crippen LogP contribution >= 0.6 is 11.6 Å². The minimum Gasteiger partial charge on any atom is -0.484 e. The fraction of sp³-hybridized carbons (Fsp3) is 0.417. The van der Waals surface area contributed by atoms with Crippen molar-refractivity contribution in [3.8, 4) is 5.75 Å². The van der Waals surface area contributed by atoms with Crippen LogP contribution in [0.3, 0.4) is 0 Å². The van der Waals surface area contributed by atoms with Gasteiger partial charge in [-0.25, -0.2) is 0 Å². The van der Waals surface area contributed by atoms with E-state index in [1.807, 2.05) is 58.0 Å². The molecule has 0 saturated heterocycles. The predicted octanol–water partition coefficient (Wildman–Crippen LogP) is 4.53. The zero-order valence-corrected chi connectivity index (χ0v) is 19.1. The van der Waals surface area contributed by atoms with Gasteiger partial charge in [0, 0.05) is 18.1 Å². The molecular weight excluding hydrogens is 400 g/mol. The molecule has 2 aromatic rings. The van der Waals surface area contributed by atoms with Crippen LogP contribution in [0, 0.1) is 19.8 Å². The van der Waals surface area contributed by atoms with E-state index < -0.39 is 6.04 Å². The quantitative estimate of drug-likeness (QED) is 0.636. The van der Waals surface area contributed by atoms with Crippen molar-refractivity contribution >= 4 is 23.4 Å². The van der Waals surface area contributed by atoms with E-state index in [2.05, 4.69) is 5.32 Å². The maximum Gasteiger partial charge on any atom is 0.261 e. The molecule has 0 aliphatic carbocycles. The molecule has 5 nitrogen and oxygen atoms in total. The highest BCUT2D eigenvalue weighted by molar-refractivity contribution is 6.30. The first-order valence-corrected chi connectivity index (χ1v) is 10.6. The summed E-state index contributed by atoms with van der Waals surface area (Å²) in [7, 11) is 0. The molecule has 0 bridgehead atoms. The number of nitrogens with one attached hydrogen (secondary N) is 1. The summed E-state index contributed by atoms with van der Waals surface area (Å²) >= 11 is 5.97. The number of halogens is 1. The molecular formula is C24H31ClN2O3. The van der Waals surface area contributed by atoms with Gasteiger partial charge in [0.05, 0.1) is 0 Å². The molecule has 0 spiro atoms. The van der Waals surface area contributed by atoms with Crippen molar-refractivity contribution in [2.24, 2.45) is 5.92 Å². The lowest BCUT2D eigenvalue weighted by molar-refractivity contribution is -0.142. The molecule has 162 valence electrons. The van der Waals surface area contributed by atoms with Crippen molar-refractivity contribution in [2.75, 3.05) is 13.2 Å². The van der Waals surface area contributed by atoms with Crippen molar-refractivity contribution < 1.29 is 14.3 Å². The number of benzene rings is 2. The average Bonchev–Trinajstić information content (AvgIpc) is 2.68. The van der Waals surface area contributed by atoms with Crippen molar-refractivity contribution in [2.45, 2.75) is 47.2 Å². The van der Waals surface area contributed by atoms with Gasteiger partial charge in [0.15, 0.2) is 6.61 Å². The first-order chi connectivity index (χ1) is 14.2. The van der Waals surface area contributed by atoms with Gasteiger partial charge in [-0.2, -0.15) is 0 Å². The molecule has 1 N–H and O–H groups in total. The van der Waals surface area contributed by atoms with E-state index in [1.165, 1.54) is 0 Å². The van der Waals surface area contributed by atoms with Crippen LogP contribution in [-0.2, 0) is 16.1 Å². The highest BCUT2D eigenvalue weighted by atomic mass is 35.5. The van der Waals surface area contributed by atoms with E-state index in [0.717, 1.165) is 16.7 Å². The van der Waals surface area contributed by atoms with E-state index in [9.17, 15) is 9.59 Å². The molecule has 2 amide bonds. The molecule has 0 aliphatic rings. The number of amides is 2. The number of nitrogens with zero attached hydrogens (tertiary/aromatic N) is 1.